The first-order chi connectivity index (χ1) is 12.3. The standard InChI is InChI=1S/C20H26N2O4/c1-12(2)9-17(20(25)26)22-19(24)18(23)16(21)11-13-7-8-14-5-3-4-6-15(14)10-13/h3-8,10,12,16-18,23H,9,11,21H2,1-2H3,(H,22,24)(H,25,26)/t16?,17-,18?/m0/s1. The number of fused-ring (bicyclic) bond motifs is 1. The summed E-state index contributed by atoms with van der Waals surface area (Å²) in [6.07, 6.45) is -0.884. The smallest absolute Gasteiger partial charge is 0.326 e. The van der Waals surface area contributed by atoms with Gasteiger partial charge in [0.25, 0.3) is 5.91 Å². The number of hydrogen-bond donors (Lipinski definition) is 4. The summed E-state index contributed by atoms with van der Waals surface area (Å²) < 4.78 is 0. The molecular weight excluding hydrogens is 332 g/mol. The van der Waals surface area contributed by atoms with Crippen LogP contribution in [0.3, 0.4) is 0 Å². The lowest BCUT2D eigenvalue weighted by atomic mass is 9.98. The Balaban J connectivity index is 2.01. The molecule has 0 aliphatic heterocycles. The summed E-state index contributed by atoms with van der Waals surface area (Å²) in [5, 5.41) is 23.9. The highest BCUT2D eigenvalue weighted by Crippen LogP contribution is 2.17. The molecule has 0 aliphatic rings. The Morgan fingerprint density at radius 3 is 2.38 bits per heavy atom. The van der Waals surface area contributed by atoms with Crippen molar-refractivity contribution in [3.63, 3.8) is 0 Å². The average Bonchev–Trinajstić information content (AvgIpc) is 2.59. The molecule has 2 aromatic carbocycles. The number of hydrogen-bond acceptors (Lipinski definition) is 4. The zero-order valence-corrected chi connectivity index (χ0v) is 15.1. The molecule has 0 aliphatic carbocycles. The fourth-order valence-corrected chi connectivity index (χ4v) is 2.89. The van der Waals surface area contributed by atoms with Crippen molar-refractivity contribution in [2.45, 2.75) is 44.9 Å². The Morgan fingerprint density at radius 1 is 1.12 bits per heavy atom. The van der Waals surface area contributed by atoms with E-state index in [2.05, 4.69) is 5.32 Å². The maximum Gasteiger partial charge on any atom is 0.326 e. The van der Waals surface area contributed by atoms with Crippen LogP contribution in [0.1, 0.15) is 25.8 Å². The third kappa shape index (κ3) is 5.28. The van der Waals surface area contributed by atoms with Gasteiger partial charge in [0.05, 0.1) is 0 Å². The first-order valence-corrected chi connectivity index (χ1v) is 8.72. The second kappa shape index (κ2) is 8.78. The van der Waals surface area contributed by atoms with Gasteiger partial charge in [0.2, 0.25) is 0 Å². The van der Waals surface area contributed by atoms with E-state index in [1.807, 2.05) is 56.3 Å². The maximum absolute atomic E-state index is 12.2. The largest absolute Gasteiger partial charge is 0.480 e. The number of aliphatic hydroxyl groups is 1. The van der Waals surface area contributed by atoms with Crippen molar-refractivity contribution in [1.82, 2.24) is 5.32 Å². The van der Waals surface area contributed by atoms with Crippen molar-refractivity contribution in [2.75, 3.05) is 0 Å². The summed E-state index contributed by atoms with van der Waals surface area (Å²) in [5.74, 6) is -1.78. The summed E-state index contributed by atoms with van der Waals surface area (Å²) in [6, 6.07) is 11.9. The number of benzene rings is 2. The second-order valence-electron chi connectivity index (χ2n) is 7.02. The van der Waals surface area contributed by atoms with Crippen LogP contribution >= 0.6 is 0 Å². The SMILES string of the molecule is CC(C)C[C@H](NC(=O)C(O)C(N)Cc1ccc2ccccc2c1)C(=O)O. The van der Waals surface area contributed by atoms with Gasteiger partial charge >= 0.3 is 5.97 Å². The first kappa shape index (κ1) is 19.9. The molecule has 2 unspecified atom stereocenters. The van der Waals surface area contributed by atoms with Gasteiger partial charge in [-0.05, 0) is 35.1 Å². The second-order valence-corrected chi connectivity index (χ2v) is 7.02. The molecule has 3 atom stereocenters. The minimum absolute atomic E-state index is 0.0971. The molecule has 2 rings (SSSR count). The Morgan fingerprint density at radius 2 is 1.77 bits per heavy atom. The third-order valence-corrected chi connectivity index (χ3v) is 4.28. The van der Waals surface area contributed by atoms with Crippen molar-refractivity contribution in [2.24, 2.45) is 11.7 Å². The van der Waals surface area contributed by atoms with Crippen LogP contribution in [0.5, 0.6) is 0 Å². The lowest BCUT2D eigenvalue weighted by molar-refractivity contribution is -0.144. The monoisotopic (exact) mass is 358 g/mol. The van der Waals surface area contributed by atoms with Crippen molar-refractivity contribution < 1.29 is 19.8 Å². The minimum atomic E-state index is -1.48. The summed E-state index contributed by atoms with van der Waals surface area (Å²) in [5.41, 5.74) is 6.89. The molecule has 0 fully saturated rings. The zero-order valence-electron chi connectivity index (χ0n) is 15.1. The van der Waals surface area contributed by atoms with Crippen LogP contribution in [-0.4, -0.2) is 40.3 Å². The maximum atomic E-state index is 12.2. The lowest BCUT2D eigenvalue weighted by Gasteiger charge is -2.22. The fraction of sp³-hybridized carbons (Fsp3) is 0.400. The number of carbonyl (C=O) groups excluding carboxylic acids is 1. The van der Waals surface area contributed by atoms with E-state index < -0.39 is 30.1 Å². The quantitative estimate of drug-likeness (QED) is 0.573. The molecule has 1 amide bonds. The minimum Gasteiger partial charge on any atom is -0.480 e. The molecule has 0 radical (unpaired) electrons. The lowest BCUT2D eigenvalue weighted by Crippen LogP contribution is -2.52. The molecule has 0 heterocycles. The van der Waals surface area contributed by atoms with E-state index in [1.165, 1.54) is 0 Å². The Hall–Kier alpha value is -2.44. The molecule has 0 saturated carbocycles. The number of nitrogens with one attached hydrogen (secondary N) is 1. The van der Waals surface area contributed by atoms with Gasteiger partial charge in [-0.1, -0.05) is 56.3 Å². The van der Waals surface area contributed by atoms with Gasteiger partial charge in [-0.25, -0.2) is 4.79 Å². The van der Waals surface area contributed by atoms with Crippen molar-refractivity contribution in [3.05, 3.63) is 48.0 Å². The van der Waals surface area contributed by atoms with Crippen LogP contribution in [-0.2, 0) is 16.0 Å². The van der Waals surface area contributed by atoms with Crippen LogP contribution in [0.25, 0.3) is 10.8 Å². The van der Waals surface area contributed by atoms with Gasteiger partial charge in [-0.2, -0.15) is 0 Å². The molecule has 0 bridgehead atoms. The number of nitrogens with two attached hydrogens (primary N) is 1. The number of carboxylic acid groups (broad SMARTS) is 1. The molecule has 0 saturated heterocycles. The van der Waals surface area contributed by atoms with Gasteiger partial charge in [0.1, 0.15) is 12.1 Å². The van der Waals surface area contributed by atoms with Crippen LogP contribution in [0.2, 0.25) is 0 Å². The van der Waals surface area contributed by atoms with Gasteiger partial charge in [0, 0.05) is 6.04 Å². The van der Waals surface area contributed by atoms with E-state index in [9.17, 15) is 19.8 Å². The molecule has 2 aromatic rings. The number of aliphatic carboxylic acids is 1. The number of carbonyl (C=O) groups is 2. The Kier molecular flexibility index (Phi) is 6.71. The highest BCUT2D eigenvalue weighted by molar-refractivity contribution is 5.87. The zero-order chi connectivity index (χ0) is 19.3. The molecule has 0 spiro atoms. The summed E-state index contributed by atoms with van der Waals surface area (Å²) >= 11 is 0. The van der Waals surface area contributed by atoms with E-state index in [-0.39, 0.29) is 12.3 Å². The van der Waals surface area contributed by atoms with Gasteiger partial charge < -0.3 is 21.3 Å². The topological polar surface area (TPSA) is 113 Å². The number of aliphatic hydroxyl groups excluding tert-OH is 1. The van der Waals surface area contributed by atoms with Crippen LogP contribution in [0.4, 0.5) is 0 Å². The highest BCUT2D eigenvalue weighted by atomic mass is 16.4. The molecule has 0 aromatic heterocycles. The van der Waals surface area contributed by atoms with Gasteiger partial charge in [0.15, 0.2) is 0 Å². The van der Waals surface area contributed by atoms with E-state index in [4.69, 9.17) is 5.73 Å². The molecule has 5 N–H and O–H groups in total. The molecular formula is C20H26N2O4. The van der Waals surface area contributed by atoms with Crippen LogP contribution in [0.15, 0.2) is 42.5 Å². The predicted octanol–water partition coefficient (Wildman–Crippen LogP) is 1.69. The van der Waals surface area contributed by atoms with Crippen LogP contribution in [0, 0.1) is 5.92 Å². The van der Waals surface area contributed by atoms with E-state index >= 15 is 0 Å². The van der Waals surface area contributed by atoms with Gasteiger partial charge in [-0.15, -0.1) is 0 Å². The Labute approximate surface area is 153 Å². The number of rotatable bonds is 8. The van der Waals surface area contributed by atoms with Crippen molar-refractivity contribution in [1.29, 1.82) is 0 Å². The molecule has 140 valence electrons. The average molecular weight is 358 g/mol. The van der Waals surface area contributed by atoms with E-state index in [1.54, 1.807) is 0 Å². The summed E-state index contributed by atoms with van der Waals surface area (Å²) in [7, 11) is 0. The van der Waals surface area contributed by atoms with Crippen molar-refractivity contribution in [3.8, 4) is 0 Å². The van der Waals surface area contributed by atoms with Crippen molar-refractivity contribution >= 4 is 22.6 Å². The third-order valence-electron chi connectivity index (χ3n) is 4.28. The number of carboxylic acids is 1. The fourth-order valence-electron chi connectivity index (χ4n) is 2.89. The number of amides is 1. The molecule has 6 nitrogen and oxygen atoms in total. The summed E-state index contributed by atoms with van der Waals surface area (Å²) in [4.78, 5) is 23.4. The van der Waals surface area contributed by atoms with E-state index in [0.717, 1.165) is 16.3 Å². The first-order valence-electron chi connectivity index (χ1n) is 8.72. The molecule has 6 heteroatoms. The Bertz CT molecular complexity index is 775. The predicted molar refractivity (Wildman–Crippen MR) is 101 cm³/mol. The molecule has 26 heavy (non-hydrogen) atoms. The summed E-state index contributed by atoms with van der Waals surface area (Å²) in [6.45, 7) is 3.73. The van der Waals surface area contributed by atoms with Crippen LogP contribution < -0.4 is 11.1 Å². The highest BCUT2D eigenvalue weighted by Gasteiger charge is 2.28. The normalized spacial score (nSPS) is 14.8. The van der Waals surface area contributed by atoms with E-state index in [0.29, 0.717) is 6.42 Å². The van der Waals surface area contributed by atoms with Gasteiger partial charge in [-0.3, -0.25) is 4.79 Å².